The van der Waals surface area contributed by atoms with Gasteiger partial charge in [-0.05, 0) is 30.1 Å². The van der Waals surface area contributed by atoms with Crippen molar-refractivity contribution >= 4 is 11.9 Å². The zero-order valence-electron chi connectivity index (χ0n) is 7.55. The number of rotatable bonds is 0. The molecule has 0 amide bonds. The van der Waals surface area contributed by atoms with E-state index < -0.39 is 0 Å². The summed E-state index contributed by atoms with van der Waals surface area (Å²) in [7, 11) is 0. The third kappa shape index (κ3) is 0.606. The van der Waals surface area contributed by atoms with E-state index in [1.807, 2.05) is 0 Å². The van der Waals surface area contributed by atoms with Crippen molar-refractivity contribution in [2.24, 2.45) is 35.5 Å². The Balaban J connectivity index is 1.88. The maximum absolute atomic E-state index is 11.5. The van der Waals surface area contributed by atoms with Crippen molar-refractivity contribution in [2.45, 2.75) is 6.42 Å². The zero-order valence-corrected chi connectivity index (χ0v) is 7.55. The monoisotopic (exact) mass is 190 g/mol. The summed E-state index contributed by atoms with van der Waals surface area (Å²) in [5.74, 6) is 1.12. The first-order valence-corrected chi connectivity index (χ1v) is 5.21. The van der Waals surface area contributed by atoms with E-state index in [4.69, 9.17) is 4.74 Å². The van der Waals surface area contributed by atoms with Gasteiger partial charge in [0.2, 0.25) is 0 Å². The molecule has 5 aliphatic rings. The molecule has 72 valence electrons. The predicted molar refractivity (Wildman–Crippen MR) is 45.8 cm³/mol. The summed E-state index contributed by atoms with van der Waals surface area (Å²) >= 11 is 0. The van der Waals surface area contributed by atoms with Gasteiger partial charge in [0.15, 0.2) is 0 Å². The molecule has 0 spiro atoms. The molecule has 0 aromatic carbocycles. The highest BCUT2D eigenvalue weighted by molar-refractivity contribution is 5.97. The van der Waals surface area contributed by atoms with Crippen LogP contribution >= 0.6 is 0 Å². The van der Waals surface area contributed by atoms with Crippen LogP contribution in [0.3, 0.4) is 0 Å². The van der Waals surface area contributed by atoms with Gasteiger partial charge in [-0.25, -0.2) is 0 Å². The van der Waals surface area contributed by atoms with Gasteiger partial charge in [0, 0.05) is 0 Å². The molecule has 14 heavy (non-hydrogen) atoms. The molecule has 2 saturated carbocycles. The number of hydrogen-bond acceptors (Lipinski definition) is 3. The average Bonchev–Trinajstić information content (AvgIpc) is 2.92. The number of ether oxygens (including phenoxy) is 1. The summed E-state index contributed by atoms with van der Waals surface area (Å²) in [5, 5.41) is 0. The van der Waals surface area contributed by atoms with Gasteiger partial charge < -0.3 is 4.74 Å². The number of hydrogen-bond donors (Lipinski definition) is 0. The minimum Gasteiger partial charge on any atom is -0.393 e. The largest absolute Gasteiger partial charge is 0.393 e. The van der Waals surface area contributed by atoms with Crippen LogP contribution in [0.2, 0.25) is 0 Å². The maximum atomic E-state index is 11.5. The lowest BCUT2D eigenvalue weighted by molar-refractivity contribution is -0.154. The minimum atomic E-state index is -0.273. The molecule has 0 radical (unpaired) electrons. The molecule has 0 aromatic heterocycles. The van der Waals surface area contributed by atoms with Gasteiger partial charge >= 0.3 is 11.9 Å². The predicted octanol–water partition coefficient (Wildman–Crippen LogP) is 0.754. The molecule has 0 unspecified atom stereocenters. The van der Waals surface area contributed by atoms with E-state index in [-0.39, 0.29) is 23.8 Å². The normalized spacial score (nSPS) is 56.9. The van der Waals surface area contributed by atoms with Crippen LogP contribution in [-0.2, 0) is 14.3 Å². The Hall–Kier alpha value is -1.12. The van der Waals surface area contributed by atoms with Crippen molar-refractivity contribution in [1.82, 2.24) is 0 Å². The molecule has 1 aliphatic heterocycles. The van der Waals surface area contributed by atoms with E-state index in [2.05, 4.69) is 12.2 Å². The van der Waals surface area contributed by atoms with Crippen LogP contribution in [-0.4, -0.2) is 11.9 Å². The van der Waals surface area contributed by atoms with Crippen molar-refractivity contribution in [1.29, 1.82) is 0 Å². The lowest BCUT2D eigenvalue weighted by Gasteiger charge is -2.36. The van der Waals surface area contributed by atoms with Crippen molar-refractivity contribution in [3.8, 4) is 0 Å². The van der Waals surface area contributed by atoms with Gasteiger partial charge in [-0.1, -0.05) is 12.2 Å². The fourth-order valence-corrected chi connectivity index (χ4v) is 3.76. The Bertz CT molecular complexity index is 350. The molecule has 5 rings (SSSR count). The first-order chi connectivity index (χ1) is 6.77. The Morgan fingerprint density at radius 2 is 1.50 bits per heavy atom. The van der Waals surface area contributed by atoms with E-state index in [1.54, 1.807) is 0 Å². The van der Waals surface area contributed by atoms with Crippen LogP contribution < -0.4 is 0 Å². The highest BCUT2D eigenvalue weighted by Crippen LogP contribution is 2.65. The number of carbonyl (C=O) groups excluding carboxylic acids is 2. The molecule has 3 fully saturated rings. The lowest BCUT2D eigenvalue weighted by Crippen LogP contribution is -2.40. The maximum Gasteiger partial charge on any atom is 0.318 e. The molecule has 6 atom stereocenters. The molecule has 3 nitrogen and oxygen atoms in total. The molecule has 0 aromatic rings. The van der Waals surface area contributed by atoms with Gasteiger partial charge in [-0.2, -0.15) is 0 Å². The second kappa shape index (κ2) is 1.95. The summed E-state index contributed by atoms with van der Waals surface area (Å²) in [6, 6.07) is 0. The Morgan fingerprint density at radius 1 is 1.00 bits per heavy atom. The zero-order chi connectivity index (χ0) is 9.45. The van der Waals surface area contributed by atoms with E-state index in [9.17, 15) is 9.59 Å². The molecular formula is C11H10O3. The second-order valence-corrected chi connectivity index (χ2v) is 4.89. The van der Waals surface area contributed by atoms with E-state index in [1.165, 1.54) is 6.42 Å². The number of esters is 2. The quantitative estimate of drug-likeness (QED) is 0.321. The van der Waals surface area contributed by atoms with Crippen molar-refractivity contribution in [3.05, 3.63) is 12.2 Å². The molecule has 0 N–H and O–H groups in total. The first kappa shape index (κ1) is 7.21. The van der Waals surface area contributed by atoms with Crippen LogP contribution in [0, 0.1) is 35.5 Å². The molecule has 4 aliphatic carbocycles. The van der Waals surface area contributed by atoms with Crippen molar-refractivity contribution in [3.63, 3.8) is 0 Å². The van der Waals surface area contributed by atoms with Crippen molar-refractivity contribution < 1.29 is 14.3 Å². The summed E-state index contributed by atoms with van der Waals surface area (Å²) in [6.45, 7) is 0. The smallest absolute Gasteiger partial charge is 0.318 e. The molecule has 2 bridgehead atoms. The average molecular weight is 190 g/mol. The summed E-state index contributed by atoms with van der Waals surface area (Å²) in [4.78, 5) is 23.0. The second-order valence-electron chi connectivity index (χ2n) is 4.89. The minimum absolute atomic E-state index is 0.138. The fourth-order valence-electron chi connectivity index (χ4n) is 3.76. The highest BCUT2D eigenvalue weighted by Gasteiger charge is 2.66. The summed E-state index contributed by atoms with van der Waals surface area (Å²) in [5.41, 5.74) is 0. The first-order valence-electron chi connectivity index (χ1n) is 5.21. The van der Waals surface area contributed by atoms with Crippen LogP contribution in [0.25, 0.3) is 0 Å². The third-order valence-corrected chi connectivity index (χ3v) is 4.40. The Kier molecular flexibility index (Phi) is 1.00. The van der Waals surface area contributed by atoms with Gasteiger partial charge in [0.1, 0.15) is 0 Å². The standard InChI is InChI=1S/C11H10O3/c12-10-8-4-1-2-5(7-3-6(4)7)9(8)11(13)14-10/h1-2,4-9H,3H2/t4-,5-,6+,7+,8-,9+/m1/s1. The Morgan fingerprint density at radius 3 is 2.00 bits per heavy atom. The molecular weight excluding hydrogens is 180 g/mol. The molecule has 3 heteroatoms. The van der Waals surface area contributed by atoms with Gasteiger partial charge in [-0.3, -0.25) is 9.59 Å². The van der Waals surface area contributed by atoms with Crippen LogP contribution in [0.15, 0.2) is 12.2 Å². The van der Waals surface area contributed by atoms with Gasteiger partial charge in [-0.15, -0.1) is 0 Å². The van der Waals surface area contributed by atoms with E-state index in [0.717, 1.165) is 0 Å². The Labute approximate surface area is 81.1 Å². The van der Waals surface area contributed by atoms with Crippen LogP contribution in [0.4, 0.5) is 0 Å². The molecule has 1 heterocycles. The van der Waals surface area contributed by atoms with E-state index in [0.29, 0.717) is 23.7 Å². The number of cyclic esters (lactones) is 2. The van der Waals surface area contributed by atoms with Crippen LogP contribution in [0.5, 0.6) is 0 Å². The van der Waals surface area contributed by atoms with E-state index >= 15 is 0 Å². The fraction of sp³-hybridized carbons (Fsp3) is 0.636. The third-order valence-electron chi connectivity index (χ3n) is 4.40. The van der Waals surface area contributed by atoms with Gasteiger partial charge in [0.05, 0.1) is 11.8 Å². The number of carbonyl (C=O) groups is 2. The highest BCUT2D eigenvalue weighted by atomic mass is 16.6. The van der Waals surface area contributed by atoms with Crippen molar-refractivity contribution in [2.75, 3.05) is 0 Å². The SMILES string of the molecule is O=C1OC(=O)[C@H]2[C@@H]3C=C[C@H]([C@@H]4C[C@@H]34)[C@@H]12. The van der Waals surface area contributed by atoms with Gasteiger partial charge in [0.25, 0.3) is 0 Å². The molecule has 1 saturated heterocycles. The number of allylic oxidation sites excluding steroid dienone is 2. The summed E-state index contributed by atoms with van der Waals surface area (Å²) in [6.07, 6.45) is 5.48. The summed E-state index contributed by atoms with van der Waals surface area (Å²) < 4.78 is 4.74. The topological polar surface area (TPSA) is 43.4 Å². The van der Waals surface area contributed by atoms with Crippen LogP contribution in [0.1, 0.15) is 6.42 Å². The lowest BCUT2D eigenvalue weighted by atomic mass is 9.63.